The van der Waals surface area contributed by atoms with Gasteiger partial charge in [-0.05, 0) is 6.42 Å². The van der Waals surface area contributed by atoms with Gasteiger partial charge in [-0.15, -0.1) is 11.8 Å². The Morgan fingerprint density at radius 2 is 2.67 bits per heavy atom. The number of allylic oxidation sites excluding steroid dienone is 1. The minimum atomic E-state index is 1.15. The van der Waals surface area contributed by atoms with Crippen molar-refractivity contribution < 1.29 is 0 Å². The van der Waals surface area contributed by atoms with Crippen LogP contribution in [0, 0.1) is 0 Å². The molecule has 1 heterocycles. The molecule has 0 atom stereocenters. The summed E-state index contributed by atoms with van der Waals surface area (Å²) in [7, 11) is 0. The first kappa shape index (κ1) is 7.00. The molecule has 1 fully saturated rings. The van der Waals surface area contributed by atoms with Crippen LogP contribution in [-0.4, -0.2) is 12.3 Å². The van der Waals surface area contributed by atoms with Gasteiger partial charge < -0.3 is 5.32 Å². The summed E-state index contributed by atoms with van der Waals surface area (Å²) in [6.07, 6.45) is 4.76. The van der Waals surface area contributed by atoms with Crippen molar-refractivity contribution in [3.05, 3.63) is 11.1 Å². The summed E-state index contributed by atoms with van der Waals surface area (Å²) in [6, 6.07) is 0. The number of unbranched alkanes of at least 4 members (excludes halogenated alkanes) is 1. The average Bonchev–Trinajstić information content (AvgIpc) is 2.34. The molecule has 0 bridgehead atoms. The number of thioether (sulfide) groups is 1. The third-order valence-electron chi connectivity index (χ3n) is 1.28. The summed E-state index contributed by atoms with van der Waals surface area (Å²) in [5.74, 6) is 1.25. The van der Waals surface area contributed by atoms with Crippen LogP contribution in [0.3, 0.4) is 0 Å². The molecule has 1 nitrogen and oxygen atoms in total. The van der Waals surface area contributed by atoms with Crippen LogP contribution in [0.15, 0.2) is 11.1 Å². The van der Waals surface area contributed by atoms with Gasteiger partial charge in [0.25, 0.3) is 0 Å². The van der Waals surface area contributed by atoms with Crippen molar-refractivity contribution in [3.8, 4) is 0 Å². The zero-order valence-corrected chi connectivity index (χ0v) is 6.63. The van der Waals surface area contributed by atoms with E-state index in [-0.39, 0.29) is 0 Å². The van der Waals surface area contributed by atoms with Crippen molar-refractivity contribution in [3.63, 3.8) is 0 Å². The molecule has 52 valence electrons. The average molecular weight is 143 g/mol. The van der Waals surface area contributed by atoms with E-state index in [9.17, 15) is 0 Å². The Morgan fingerprint density at radius 1 is 1.78 bits per heavy atom. The quantitative estimate of drug-likeness (QED) is 0.634. The molecule has 0 amide bonds. The summed E-state index contributed by atoms with van der Waals surface area (Å²) in [5, 5.41) is 4.70. The van der Waals surface area contributed by atoms with Crippen LogP contribution < -0.4 is 5.32 Å². The van der Waals surface area contributed by atoms with Crippen molar-refractivity contribution in [1.29, 1.82) is 0 Å². The maximum Gasteiger partial charge on any atom is 0.0641 e. The van der Waals surface area contributed by atoms with Gasteiger partial charge in [-0.3, -0.25) is 0 Å². The number of rotatable bonds is 2. The Kier molecular flexibility index (Phi) is 2.98. The lowest BCUT2D eigenvalue weighted by molar-refractivity contribution is 0.908. The van der Waals surface area contributed by atoms with Gasteiger partial charge in [-0.25, -0.2) is 0 Å². The van der Waals surface area contributed by atoms with E-state index in [4.69, 9.17) is 0 Å². The fourth-order valence-electron chi connectivity index (χ4n) is 0.793. The first-order chi connectivity index (χ1) is 4.43. The van der Waals surface area contributed by atoms with Gasteiger partial charge in [-0.2, -0.15) is 0 Å². The van der Waals surface area contributed by atoms with E-state index >= 15 is 0 Å². The predicted octanol–water partition coefficient (Wildman–Crippen LogP) is 1.96. The molecular formula is C7H13NS. The molecule has 0 aromatic carbocycles. The Bertz CT molecular complexity index is 101. The molecule has 0 unspecified atom stereocenters. The molecule has 1 N–H and O–H groups in total. The first-order valence-corrected chi connectivity index (χ1v) is 4.49. The Balaban J connectivity index is 2.22. The molecule has 0 aliphatic carbocycles. The Hall–Kier alpha value is -0.110. The van der Waals surface area contributed by atoms with Gasteiger partial charge in [0.1, 0.15) is 0 Å². The van der Waals surface area contributed by atoms with Gasteiger partial charge in [0, 0.05) is 12.3 Å². The van der Waals surface area contributed by atoms with Crippen LogP contribution in [0.25, 0.3) is 0 Å². The van der Waals surface area contributed by atoms with Crippen molar-refractivity contribution in [2.24, 2.45) is 0 Å². The van der Waals surface area contributed by atoms with E-state index < -0.39 is 0 Å². The summed E-state index contributed by atoms with van der Waals surface area (Å²) >= 11 is 1.93. The summed E-state index contributed by atoms with van der Waals surface area (Å²) in [5.41, 5.74) is 0. The van der Waals surface area contributed by atoms with Crippen molar-refractivity contribution in [1.82, 2.24) is 5.32 Å². The molecule has 0 spiro atoms. The molecular weight excluding hydrogens is 130 g/mol. The van der Waals surface area contributed by atoms with E-state index in [1.54, 1.807) is 0 Å². The van der Waals surface area contributed by atoms with Crippen LogP contribution in [0.1, 0.15) is 19.8 Å². The molecule has 1 aliphatic rings. The molecule has 0 radical (unpaired) electrons. The second-order valence-corrected chi connectivity index (χ2v) is 3.27. The van der Waals surface area contributed by atoms with E-state index in [1.807, 2.05) is 11.8 Å². The van der Waals surface area contributed by atoms with Crippen LogP contribution in [0.2, 0.25) is 0 Å². The zero-order valence-electron chi connectivity index (χ0n) is 5.81. The van der Waals surface area contributed by atoms with E-state index in [2.05, 4.69) is 18.3 Å². The standard InChI is InChI=1S/C7H13NS/c1-2-3-4-7-8-5-6-9-7/h4,8H,2-3,5-6H2,1H3. The summed E-state index contributed by atoms with van der Waals surface area (Å²) in [6.45, 7) is 3.36. The minimum absolute atomic E-state index is 1.15. The summed E-state index contributed by atoms with van der Waals surface area (Å²) < 4.78 is 0. The second kappa shape index (κ2) is 3.83. The van der Waals surface area contributed by atoms with Crippen LogP contribution in [0.5, 0.6) is 0 Å². The van der Waals surface area contributed by atoms with Crippen LogP contribution >= 0.6 is 11.8 Å². The van der Waals surface area contributed by atoms with Crippen molar-refractivity contribution >= 4 is 11.8 Å². The fraction of sp³-hybridized carbons (Fsp3) is 0.714. The highest BCUT2D eigenvalue weighted by Gasteiger charge is 2.03. The molecule has 0 aromatic heterocycles. The highest BCUT2D eigenvalue weighted by Crippen LogP contribution is 2.17. The zero-order chi connectivity index (χ0) is 6.53. The third kappa shape index (κ3) is 2.31. The van der Waals surface area contributed by atoms with Crippen molar-refractivity contribution in [2.75, 3.05) is 12.3 Å². The SMILES string of the molecule is CCCC=C1NCCS1. The normalized spacial score (nSPS) is 22.6. The van der Waals surface area contributed by atoms with Gasteiger partial charge in [-0.1, -0.05) is 19.4 Å². The lowest BCUT2D eigenvalue weighted by Crippen LogP contribution is -2.03. The molecule has 1 rings (SSSR count). The summed E-state index contributed by atoms with van der Waals surface area (Å²) in [4.78, 5) is 0. The Morgan fingerprint density at radius 3 is 3.22 bits per heavy atom. The monoisotopic (exact) mass is 143 g/mol. The Labute approximate surface area is 60.9 Å². The largest absolute Gasteiger partial charge is 0.379 e. The molecule has 0 aromatic rings. The second-order valence-electron chi connectivity index (χ2n) is 2.13. The molecule has 1 aliphatic heterocycles. The minimum Gasteiger partial charge on any atom is -0.379 e. The third-order valence-corrected chi connectivity index (χ3v) is 2.31. The van der Waals surface area contributed by atoms with Gasteiger partial charge in [0.15, 0.2) is 0 Å². The molecule has 1 saturated heterocycles. The highest BCUT2D eigenvalue weighted by atomic mass is 32.2. The molecule has 2 heteroatoms. The van der Waals surface area contributed by atoms with E-state index in [0.29, 0.717) is 0 Å². The van der Waals surface area contributed by atoms with Gasteiger partial charge >= 0.3 is 0 Å². The lowest BCUT2D eigenvalue weighted by atomic mass is 10.3. The highest BCUT2D eigenvalue weighted by molar-refractivity contribution is 8.03. The number of hydrogen-bond donors (Lipinski definition) is 1. The van der Waals surface area contributed by atoms with E-state index in [0.717, 1.165) is 6.54 Å². The maximum atomic E-state index is 3.32. The van der Waals surface area contributed by atoms with Gasteiger partial charge in [0.05, 0.1) is 5.03 Å². The predicted molar refractivity (Wildman–Crippen MR) is 43.5 cm³/mol. The lowest BCUT2D eigenvalue weighted by Gasteiger charge is -1.93. The van der Waals surface area contributed by atoms with Crippen LogP contribution in [0.4, 0.5) is 0 Å². The van der Waals surface area contributed by atoms with Crippen LogP contribution in [-0.2, 0) is 0 Å². The fourth-order valence-corrected chi connectivity index (χ4v) is 1.66. The number of nitrogens with one attached hydrogen (secondary N) is 1. The number of hydrogen-bond acceptors (Lipinski definition) is 2. The topological polar surface area (TPSA) is 12.0 Å². The molecule has 0 saturated carbocycles. The smallest absolute Gasteiger partial charge is 0.0641 e. The van der Waals surface area contributed by atoms with Gasteiger partial charge in [0.2, 0.25) is 0 Å². The molecule has 9 heavy (non-hydrogen) atoms. The maximum absolute atomic E-state index is 3.32. The first-order valence-electron chi connectivity index (χ1n) is 3.50. The van der Waals surface area contributed by atoms with E-state index in [1.165, 1.54) is 23.6 Å². The van der Waals surface area contributed by atoms with Crippen molar-refractivity contribution in [2.45, 2.75) is 19.8 Å².